The fraction of sp³-hybridized carbons (Fsp3) is 0.643. The van der Waals surface area contributed by atoms with Crippen LogP contribution in [0.15, 0.2) is 18.7 Å². The minimum Gasteiger partial charge on any atom is -0.309 e. The molecule has 0 spiro atoms. The zero-order chi connectivity index (χ0) is 14.4. The van der Waals surface area contributed by atoms with Crippen molar-refractivity contribution in [2.75, 3.05) is 6.54 Å². The molecule has 6 heteroatoms. The summed E-state index contributed by atoms with van der Waals surface area (Å²) in [6.45, 7) is 6.23. The molecule has 0 aliphatic rings. The fourth-order valence-electron chi connectivity index (χ4n) is 2.27. The van der Waals surface area contributed by atoms with Gasteiger partial charge in [0.05, 0.1) is 6.20 Å². The first-order valence-corrected chi connectivity index (χ1v) is 7.33. The number of hydrogen-bond donors (Lipinski definition) is 1. The van der Waals surface area contributed by atoms with E-state index in [1.807, 2.05) is 22.6 Å². The van der Waals surface area contributed by atoms with Crippen molar-refractivity contribution in [2.24, 2.45) is 7.05 Å². The standard InChI is InChI=1S/C14H24N6/c1-4-6-15-13(12-9-17-19(3)10-12)8-14-16-11-18-20(14)7-5-2/h9-11,13,15H,4-8H2,1-3H3. The maximum Gasteiger partial charge on any atom is 0.138 e. The van der Waals surface area contributed by atoms with Crippen LogP contribution in [-0.2, 0) is 20.0 Å². The van der Waals surface area contributed by atoms with E-state index in [4.69, 9.17) is 0 Å². The average molecular weight is 276 g/mol. The van der Waals surface area contributed by atoms with Gasteiger partial charge >= 0.3 is 0 Å². The molecule has 20 heavy (non-hydrogen) atoms. The van der Waals surface area contributed by atoms with Gasteiger partial charge in [0, 0.05) is 37.8 Å². The summed E-state index contributed by atoms with van der Waals surface area (Å²) in [6.07, 6.45) is 8.65. The first kappa shape index (κ1) is 14.7. The topological polar surface area (TPSA) is 60.6 Å². The molecule has 0 amide bonds. The van der Waals surface area contributed by atoms with Gasteiger partial charge in [-0.05, 0) is 19.4 Å². The van der Waals surface area contributed by atoms with E-state index in [0.717, 1.165) is 38.2 Å². The van der Waals surface area contributed by atoms with Gasteiger partial charge in [0.1, 0.15) is 12.2 Å². The highest BCUT2D eigenvalue weighted by molar-refractivity contribution is 5.12. The first-order chi connectivity index (χ1) is 9.74. The number of nitrogens with zero attached hydrogens (tertiary/aromatic N) is 5. The maximum atomic E-state index is 4.40. The smallest absolute Gasteiger partial charge is 0.138 e. The van der Waals surface area contributed by atoms with Crippen LogP contribution in [0.1, 0.15) is 44.1 Å². The first-order valence-electron chi connectivity index (χ1n) is 7.33. The van der Waals surface area contributed by atoms with Crippen molar-refractivity contribution < 1.29 is 0 Å². The quantitative estimate of drug-likeness (QED) is 0.797. The molecule has 2 heterocycles. The molecule has 2 aromatic rings. The van der Waals surface area contributed by atoms with Gasteiger partial charge in [-0.25, -0.2) is 4.98 Å². The number of aromatic nitrogens is 5. The number of rotatable bonds is 8. The second-order valence-electron chi connectivity index (χ2n) is 5.06. The zero-order valence-corrected chi connectivity index (χ0v) is 12.6. The van der Waals surface area contributed by atoms with Crippen molar-refractivity contribution >= 4 is 0 Å². The lowest BCUT2D eigenvalue weighted by Crippen LogP contribution is -2.25. The van der Waals surface area contributed by atoms with Crippen LogP contribution in [0.4, 0.5) is 0 Å². The van der Waals surface area contributed by atoms with Crippen LogP contribution in [0.25, 0.3) is 0 Å². The lowest BCUT2D eigenvalue weighted by atomic mass is 10.1. The van der Waals surface area contributed by atoms with E-state index in [-0.39, 0.29) is 6.04 Å². The molecule has 0 aliphatic heterocycles. The summed E-state index contributed by atoms with van der Waals surface area (Å²) in [5, 5.41) is 12.1. The molecule has 0 saturated heterocycles. The van der Waals surface area contributed by atoms with E-state index in [2.05, 4.69) is 40.5 Å². The number of aryl methyl sites for hydroxylation is 2. The Balaban J connectivity index is 2.12. The van der Waals surface area contributed by atoms with Crippen LogP contribution in [0, 0.1) is 0 Å². The molecule has 2 aromatic heterocycles. The molecule has 0 saturated carbocycles. The largest absolute Gasteiger partial charge is 0.309 e. The molecule has 6 nitrogen and oxygen atoms in total. The van der Waals surface area contributed by atoms with E-state index in [1.165, 1.54) is 5.56 Å². The van der Waals surface area contributed by atoms with Gasteiger partial charge in [-0.1, -0.05) is 13.8 Å². The van der Waals surface area contributed by atoms with Crippen molar-refractivity contribution in [3.63, 3.8) is 0 Å². The Kier molecular flexibility index (Phi) is 5.29. The molecular formula is C14H24N6. The predicted molar refractivity (Wildman–Crippen MR) is 78.3 cm³/mol. The lowest BCUT2D eigenvalue weighted by Gasteiger charge is -2.17. The molecule has 0 radical (unpaired) electrons. The summed E-state index contributed by atoms with van der Waals surface area (Å²) >= 11 is 0. The molecule has 110 valence electrons. The summed E-state index contributed by atoms with van der Waals surface area (Å²) in [7, 11) is 1.94. The van der Waals surface area contributed by atoms with Crippen molar-refractivity contribution in [1.82, 2.24) is 29.9 Å². The zero-order valence-electron chi connectivity index (χ0n) is 12.6. The highest BCUT2D eigenvalue weighted by Crippen LogP contribution is 2.17. The third-order valence-electron chi connectivity index (χ3n) is 3.29. The molecule has 1 unspecified atom stereocenters. The maximum absolute atomic E-state index is 4.40. The molecular weight excluding hydrogens is 252 g/mol. The minimum atomic E-state index is 0.239. The number of hydrogen-bond acceptors (Lipinski definition) is 4. The van der Waals surface area contributed by atoms with Gasteiger partial charge in [0.15, 0.2) is 0 Å². The number of nitrogens with one attached hydrogen (secondary N) is 1. The molecule has 0 bridgehead atoms. The molecule has 1 N–H and O–H groups in total. The average Bonchev–Trinajstić information content (AvgIpc) is 3.04. The summed E-state index contributed by atoms with van der Waals surface area (Å²) in [5.74, 6) is 1.03. The SMILES string of the molecule is CCCNC(Cc1ncnn1CCC)c1cnn(C)c1. The lowest BCUT2D eigenvalue weighted by molar-refractivity contribution is 0.488. The van der Waals surface area contributed by atoms with E-state index < -0.39 is 0 Å². The van der Waals surface area contributed by atoms with Crippen LogP contribution in [0.3, 0.4) is 0 Å². The van der Waals surface area contributed by atoms with Gasteiger partial charge in [-0.2, -0.15) is 10.2 Å². The Morgan fingerprint density at radius 3 is 2.75 bits per heavy atom. The normalized spacial score (nSPS) is 12.8. The Hall–Kier alpha value is -1.69. The monoisotopic (exact) mass is 276 g/mol. The van der Waals surface area contributed by atoms with Gasteiger partial charge in [0.25, 0.3) is 0 Å². The highest BCUT2D eigenvalue weighted by Gasteiger charge is 2.16. The molecule has 0 fully saturated rings. The van der Waals surface area contributed by atoms with Gasteiger partial charge in [0.2, 0.25) is 0 Å². The third-order valence-corrected chi connectivity index (χ3v) is 3.29. The summed E-state index contributed by atoms with van der Waals surface area (Å²) in [4.78, 5) is 4.40. The third kappa shape index (κ3) is 3.66. The van der Waals surface area contributed by atoms with E-state index in [9.17, 15) is 0 Å². The molecule has 1 atom stereocenters. The van der Waals surface area contributed by atoms with Crippen molar-refractivity contribution in [1.29, 1.82) is 0 Å². The Morgan fingerprint density at radius 1 is 1.25 bits per heavy atom. The van der Waals surface area contributed by atoms with E-state index in [1.54, 1.807) is 6.33 Å². The Bertz CT molecular complexity index is 515. The van der Waals surface area contributed by atoms with Crippen molar-refractivity contribution in [2.45, 2.75) is 45.7 Å². The summed E-state index contributed by atoms with van der Waals surface area (Å²) in [5.41, 5.74) is 1.20. The van der Waals surface area contributed by atoms with Crippen LogP contribution in [0.5, 0.6) is 0 Å². The van der Waals surface area contributed by atoms with Gasteiger partial charge < -0.3 is 5.32 Å². The van der Waals surface area contributed by atoms with E-state index in [0.29, 0.717) is 0 Å². The summed E-state index contributed by atoms with van der Waals surface area (Å²) < 4.78 is 3.84. The Morgan fingerprint density at radius 2 is 2.10 bits per heavy atom. The van der Waals surface area contributed by atoms with Gasteiger partial charge in [-0.3, -0.25) is 9.36 Å². The molecule has 2 rings (SSSR count). The van der Waals surface area contributed by atoms with Crippen LogP contribution in [-0.4, -0.2) is 31.1 Å². The molecule has 0 aromatic carbocycles. The van der Waals surface area contributed by atoms with Crippen LogP contribution >= 0.6 is 0 Å². The molecule has 0 aliphatic carbocycles. The second-order valence-corrected chi connectivity index (χ2v) is 5.06. The van der Waals surface area contributed by atoms with Crippen LogP contribution in [0.2, 0.25) is 0 Å². The van der Waals surface area contributed by atoms with Crippen LogP contribution < -0.4 is 5.32 Å². The minimum absolute atomic E-state index is 0.239. The van der Waals surface area contributed by atoms with E-state index >= 15 is 0 Å². The van der Waals surface area contributed by atoms with Gasteiger partial charge in [-0.15, -0.1) is 0 Å². The van der Waals surface area contributed by atoms with Crippen molar-refractivity contribution in [3.8, 4) is 0 Å². The highest BCUT2D eigenvalue weighted by atomic mass is 15.3. The fourth-order valence-corrected chi connectivity index (χ4v) is 2.27. The second kappa shape index (κ2) is 7.19. The van der Waals surface area contributed by atoms with Crippen molar-refractivity contribution in [3.05, 3.63) is 30.1 Å². The Labute approximate surface area is 120 Å². The predicted octanol–water partition coefficient (Wildman–Crippen LogP) is 1.70. The summed E-state index contributed by atoms with van der Waals surface area (Å²) in [6, 6.07) is 0.239.